The van der Waals surface area contributed by atoms with E-state index < -0.39 is 5.97 Å². The maximum Gasteiger partial charge on any atom is 0.357 e. The maximum absolute atomic E-state index is 10.8. The summed E-state index contributed by atoms with van der Waals surface area (Å²) in [6, 6.07) is 7.00. The lowest BCUT2D eigenvalue weighted by Crippen LogP contribution is -2.08. The van der Waals surface area contributed by atoms with Crippen LogP contribution in [0.25, 0.3) is 10.9 Å². The molecule has 1 heterocycles. The van der Waals surface area contributed by atoms with Crippen molar-refractivity contribution in [3.8, 4) is 0 Å². The fourth-order valence-corrected chi connectivity index (χ4v) is 1.34. The van der Waals surface area contributed by atoms with Crippen molar-refractivity contribution in [3.05, 3.63) is 30.0 Å². The Balaban J connectivity index is 2.80. The number of para-hydroxylation sites is 1. The molecule has 0 unspecified atom stereocenters. The first-order valence-corrected chi connectivity index (χ1v) is 3.99. The van der Waals surface area contributed by atoms with Crippen LogP contribution in [0.4, 0.5) is 0 Å². The number of fused-ring (bicyclic) bond motifs is 1. The fourth-order valence-electron chi connectivity index (χ4n) is 1.34. The molecule has 5 heteroatoms. The molecule has 0 bridgehead atoms. The average Bonchev–Trinajstić information content (AvgIpc) is 2.56. The minimum Gasteiger partial charge on any atom is -0.476 e. The van der Waals surface area contributed by atoms with Crippen LogP contribution < -0.4 is 4.84 Å². The Hall–Kier alpha value is -2.04. The Kier molecular flexibility index (Phi) is 1.85. The summed E-state index contributed by atoms with van der Waals surface area (Å²) in [5, 5.41) is 13.2. The van der Waals surface area contributed by atoms with Gasteiger partial charge in [0, 0.05) is 5.39 Å². The van der Waals surface area contributed by atoms with Gasteiger partial charge >= 0.3 is 5.97 Å². The largest absolute Gasteiger partial charge is 0.476 e. The summed E-state index contributed by atoms with van der Waals surface area (Å²) in [6.45, 7) is 0. The summed E-state index contributed by atoms with van der Waals surface area (Å²) in [7, 11) is 1.44. The molecule has 0 aliphatic rings. The third-order valence-electron chi connectivity index (χ3n) is 1.93. The van der Waals surface area contributed by atoms with E-state index >= 15 is 0 Å². The molecule has 14 heavy (non-hydrogen) atoms. The number of hydrogen-bond donors (Lipinski definition) is 1. The van der Waals surface area contributed by atoms with Gasteiger partial charge in [-0.05, 0) is 6.07 Å². The fraction of sp³-hybridized carbons (Fsp3) is 0.111. The second-order valence-corrected chi connectivity index (χ2v) is 2.73. The molecular weight excluding hydrogens is 184 g/mol. The first-order chi connectivity index (χ1) is 6.74. The topological polar surface area (TPSA) is 64.4 Å². The smallest absolute Gasteiger partial charge is 0.357 e. The number of carbonyl (C=O) groups is 1. The van der Waals surface area contributed by atoms with Crippen LogP contribution in [-0.2, 0) is 0 Å². The number of nitrogens with zero attached hydrogens (tertiary/aromatic N) is 2. The zero-order valence-corrected chi connectivity index (χ0v) is 7.47. The number of aromatic carboxylic acids is 1. The SMILES string of the molecule is COn1nc(C(=O)O)c2ccccc21. The van der Waals surface area contributed by atoms with Crippen molar-refractivity contribution < 1.29 is 14.7 Å². The van der Waals surface area contributed by atoms with E-state index in [1.807, 2.05) is 0 Å². The average molecular weight is 192 g/mol. The second-order valence-electron chi connectivity index (χ2n) is 2.73. The van der Waals surface area contributed by atoms with Crippen LogP contribution in [0.3, 0.4) is 0 Å². The molecule has 1 aromatic heterocycles. The lowest BCUT2D eigenvalue weighted by atomic mass is 10.2. The molecule has 0 aliphatic carbocycles. The molecular formula is C9H8N2O3. The number of carboxylic acids is 1. The Morgan fingerprint density at radius 3 is 2.86 bits per heavy atom. The minimum absolute atomic E-state index is 0.00227. The molecule has 1 N–H and O–H groups in total. The number of benzene rings is 1. The highest BCUT2D eigenvalue weighted by molar-refractivity contribution is 6.00. The van der Waals surface area contributed by atoms with E-state index in [1.54, 1.807) is 24.3 Å². The summed E-state index contributed by atoms with van der Waals surface area (Å²) >= 11 is 0. The Morgan fingerprint density at radius 2 is 2.21 bits per heavy atom. The zero-order valence-electron chi connectivity index (χ0n) is 7.47. The van der Waals surface area contributed by atoms with Crippen molar-refractivity contribution in [2.75, 3.05) is 7.11 Å². The van der Waals surface area contributed by atoms with Crippen LogP contribution in [-0.4, -0.2) is 28.1 Å². The van der Waals surface area contributed by atoms with Crippen LogP contribution in [0, 0.1) is 0 Å². The molecule has 0 atom stereocenters. The van der Waals surface area contributed by atoms with E-state index in [9.17, 15) is 4.79 Å². The molecule has 2 aromatic rings. The lowest BCUT2D eigenvalue weighted by molar-refractivity contribution is 0.0681. The predicted octanol–water partition coefficient (Wildman–Crippen LogP) is 0.793. The van der Waals surface area contributed by atoms with Gasteiger partial charge in [0.15, 0.2) is 5.69 Å². The van der Waals surface area contributed by atoms with E-state index in [-0.39, 0.29) is 5.69 Å². The Bertz CT molecular complexity index is 490. The zero-order chi connectivity index (χ0) is 10.1. The van der Waals surface area contributed by atoms with Crippen LogP contribution in [0.5, 0.6) is 0 Å². The van der Waals surface area contributed by atoms with Crippen LogP contribution >= 0.6 is 0 Å². The van der Waals surface area contributed by atoms with Crippen molar-refractivity contribution in [2.24, 2.45) is 0 Å². The van der Waals surface area contributed by atoms with Gasteiger partial charge in [-0.3, -0.25) is 0 Å². The molecule has 72 valence electrons. The molecule has 5 nitrogen and oxygen atoms in total. The molecule has 0 aliphatic heterocycles. The summed E-state index contributed by atoms with van der Waals surface area (Å²) < 4.78 is 0. The van der Waals surface area contributed by atoms with E-state index in [2.05, 4.69) is 5.10 Å². The van der Waals surface area contributed by atoms with Crippen molar-refractivity contribution in [1.82, 2.24) is 9.94 Å². The van der Waals surface area contributed by atoms with Crippen molar-refractivity contribution in [3.63, 3.8) is 0 Å². The number of hydrogen-bond acceptors (Lipinski definition) is 3. The quantitative estimate of drug-likeness (QED) is 0.764. The van der Waals surface area contributed by atoms with Gasteiger partial charge in [-0.2, -0.15) is 0 Å². The van der Waals surface area contributed by atoms with Gasteiger partial charge in [0.1, 0.15) is 12.6 Å². The summed E-state index contributed by atoms with van der Waals surface area (Å²) in [5.74, 6) is -1.06. The lowest BCUT2D eigenvalue weighted by Gasteiger charge is -1.97. The maximum atomic E-state index is 10.8. The highest BCUT2D eigenvalue weighted by Gasteiger charge is 2.15. The van der Waals surface area contributed by atoms with Crippen molar-refractivity contribution in [2.45, 2.75) is 0 Å². The van der Waals surface area contributed by atoms with Crippen LogP contribution in [0.2, 0.25) is 0 Å². The summed E-state index contributed by atoms with van der Waals surface area (Å²) in [6.07, 6.45) is 0. The van der Waals surface area contributed by atoms with Gasteiger partial charge in [-0.25, -0.2) is 4.79 Å². The molecule has 0 saturated carbocycles. The second kappa shape index (κ2) is 3.02. The van der Waals surface area contributed by atoms with Gasteiger partial charge in [0.2, 0.25) is 0 Å². The third kappa shape index (κ3) is 1.10. The standard InChI is InChI=1S/C9H8N2O3/c1-14-11-7-5-3-2-4-6(7)8(10-11)9(12)13/h2-5H,1H3,(H,12,13). The molecule has 0 amide bonds. The van der Waals surface area contributed by atoms with E-state index in [0.29, 0.717) is 10.9 Å². The normalized spacial score (nSPS) is 10.4. The number of rotatable bonds is 2. The van der Waals surface area contributed by atoms with Gasteiger partial charge < -0.3 is 9.94 Å². The molecule has 0 spiro atoms. The summed E-state index contributed by atoms with van der Waals surface area (Å²) in [5.41, 5.74) is 0.648. The number of aromatic nitrogens is 2. The monoisotopic (exact) mass is 192 g/mol. The number of carboxylic acid groups (broad SMARTS) is 1. The van der Waals surface area contributed by atoms with Gasteiger partial charge in [-0.15, -0.1) is 5.10 Å². The highest BCUT2D eigenvalue weighted by Crippen LogP contribution is 2.16. The molecule has 0 saturated heterocycles. The Morgan fingerprint density at radius 1 is 1.50 bits per heavy atom. The minimum atomic E-state index is -1.06. The van der Waals surface area contributed by atoms with E-state index in [4.69, 9.17) is 9.94 Å². The third-order valence-corrected chi connectivity index (χ3v) is 1.93. The van der Waals surface area contributed by atoms with Crippen molar-refractivity contribution >= 4 is 16.9 Å². The molecule has 0 radical (unpaired) electrons. The van der Waals surface area contributed by atoms with E-state index in [1.165, 1.54) is 12.0 Å². The van der Waals surface area contributed by atoms with E-state index in [0.717, 1.165) is 0 Å². The van der Waals surface area contributed by atoms with Crippen molar-refractivity contribution in [1.29, 1.82) is 0 Å². The summed E-state index contributed by atoms with van der Waals surface area (Å²) in [4.78, 5) is 16.9. The van der Waals surface area contributed by atoms with Crippen LogP contribution in [0.1, 0.15) is 10.5 Å². The van der Waals surface area contributed by atoms with Crippen LogP contribution in [0.15, 0.2) is 24.3 Å². The molecule has 0 fully saturated rings. The molecule has 2 rings (SSSR count). The van der Waals surface area contributed by atoms with Gasteiger partial charge in [0.05, 0.1) is 0 Å². The first kappa shape index (κ1) is 8.55. The Labute approximate surface area is 79.5 Å². The highest BCUT2D eigenvalue weighted by atomic mass is 16.7. The predicted molar refractivity (Wildman–Crippen MR) is 49.2 cm³/mol. The van der Waals surface area contributed by atoms with Gasteiger partial charge in [-0.1, -0.05) is 23.0 Å². The molecule has 1 aromatic carbocycles. The van der Waals surface area contributed by atoms with Gasteiger partial charge in [0.25, 0.3) is 0 Å². The first-order valence-electron chi connectivity index (χ1n) is 3.99.